The molecule has 0 bridgehead atoms. The van der Waals surface area contributed by atoms with Gasteiger partial charge in [0.25, 0.3) is 0 Å². The van der Waals surface area contributed by atoms with Crippen molar-refractivity contribution in [3.8, 4) is 0 Å². The van der Waals surface area contributed by atoms with E-state index in [0.29, 0.717) is 0 Å². The van der Waals surface area contributed by atoms with Crippen molar-refractivity contribution in [2.24, 2.45) is 0 Å². The molecule has 3 nitrogen and oxygen atoms in total. The predicted molar refractivity (Wildman–Crippen MR) is 56.8 cm³/mol. The van der Waals surface area contributed by atoms with Gasteiger partial charge in [0.1, 0.15) is 0 Å². The Morgan fingerprint density at radius 3 is 2.71 bits per heavy atom. The van der Waals surface area contributed by atoms with E-state index >= 15 is 0 Å². The summed E-state index contributed by atoms with van der Waals surface area (Å²) in [7, 11) is 2.00. The molecule has 0 amide bonds. The fourth-order valence-electron chi connectivity index (χ4n) is 1.29. The molecule has 1 heterocycles. The molecule has 0 spiro atoms. The van der Waals surface area contributed by atoms with Crippen molar-refractivity contribution >= 4 is 0 Å². The van der Waals surface area contributed by atoms with Crippen LogP contribution in [0.2, 0.25) is 0 Å². The van der Waals surface area contributed by atoms with Gasteiger partial charge in [0, 0.05) is 25.0 Å². The first-order chi connectivity index (χ1) is 6.61. The predicted octanol–water partition coefficient (Wildman–Crippen LogP) is 1.28. The minimum absolute atomic E-state index is 0.162. The number of hydrogen-bond acceptors (Lipinski definition) is 3. The van der Waals surface area contributed by atoms with Gasteiger partial charge >= 0.3 is 0 Å². The maximum atomic E-state index is 9.41. The van der Waals surface area contributed by atoms with Gasteiger partial charge in [-0.25, -0.2) is 0 Å². The summed E-state index contributed by atoms with van der Waals surface area (Å²) >= 11 is 0. The largest absolute Gasteiger partial charge is 0.392 e. The van der Waals surface area contributed by atoms with Gasteiger partial charge < -0.3 is 5.11 Å². The van der Waals surface area contributed by atoms with Gasteiger partial charge in [0.05, 0.1) is 6.10 Å². The molecule has 1 aromatic rings. The van der Waals surface area contributed by atoms with Crippen LogP contribution >= 0.6 is 0 Å². The second-order valence-corrected chi connectivity index (χ2v) is 3.76. The smallest absolute Gasteiger partial charge is 0.0664 e. The number of likely N-dealkylation sites (N-methyl/N-ethyl adjacent to an activating group) is 1. The van der Waals surface area contributed by atoms with Gasteiger partial charge in [-0.15, -0.1) is 0 Å². The zero-order valence-corrected chi connectivity index (χ0v) is 9.01. The van der Waals surface area contributed by atoms with Gasteiger partial charge in [-0.05, 0) is 32.5 Å². The topological polar surface area (TPSA) is 36.4 Å². The van der Waals surface area contributed by atoms with Crippen LogP contribution in [0.1, 0.15) is 19.4 Å². The highest BCUT2D eigenvalue weighted by atomic mass is 16.3. The van der Waals surface area contributed by atoms with Crippen LogP contribution in [0.5, 0.6) is 0 Å². The Bertz CT molecular complexity index is 261. The fourth-order valence-corrected chi connectivity index (χ4v) is 1.29. The van der Waals surface area contributed by atoms with Gasteiger partial charge in [-0.1, -0.05) is 6.07 Å². The summed E-state index contributed by atoms with van der Waals surface area (Å²) in [5, 5.41) is 9.41. The summed E-state index contributed by atoms with van der Waals surface area (Å²) in [5.41, 5.74) is 1.17. The van der Waals surface area contributed by atoms with Crippen LogP contribution < -0.4 is 0 Å². The minimum Gasteiger partial charge on any atom is -0.392 e. The van der Waals surface area contributed by atoms with Crippen molar-refractivity contribution in [2.45, 2.75) is 32.5 Å². The van der Waals surface area contributed by atoms with Crippen molar-refractivity contribution in [1.82, 2.24) is 9.88 Å². The second-order valence-electron chi connectivity index (χ2n) is 3.76. The summed E-state index contributed by atoms with van der Waals surface area (Å²) in [6.07, 6.45) is 3.31. The molecular formula is C11H18N2O. The molecule has 1 aromatic heterocycles. The molecule has 0 aliphatic rings. The van der Waals surface area contributed by atoms with Crippen molar-refractivity contribution in [2.75, 3.05) is 7.05 Å². The molecule has 78 valence electrons. The maximum absolute atomic E-state index is 9.41. The van der Waals surface area contributed by atoms with E-state index in [0.717, 1.165) is 6.54 Å². The van der Waals surface area contributed by atoms with Crippen LogP contribution in [0.4, 0.5) is 0 Å². The Morgan fingerprint density at radius 2 is 2.21 bits per heavy atom. The Morgan fingerprint density at radius 1 is 1.50 bits per heavy atom. The van der Waals surface area contributed by atoms with Crippen LogP contribution in [0, 0.1) is 0 Å². The Hall–Kier alpha value is -0.930. The number of aliphatic hydroxyl groups excluding tert-OH is 1. The molecule has 1 N–H and O–H groups in total. The molecule has 3 heteroatoms. The number of aliphatic hydroxyl groups is 1. The quantitative estimate of drug-likeness (QED) is 0.784. The summed E-state index contributed by atoms with van der Waals surface area (Å²) in [4.78, 5) is 6.17. The van der Waals surface area contributed by atoms with Crippen LogP contribution in [0.25, 0.3) is 0 Å². The molecule has 0 fully saturated rings. The van der Waals surface area contributed by atoms with Crippen LogP contribution in [0.15, 0.2) is 24.5 Å². The first-order valence-corrected chi connectivity index (χ1v) is 4.88. The monoisotopic (exact) mass is 194 g/mol. The van der Waals surface area contributed by atoms with E-state index in [9.17, 15) is 5.11 Å². The molecule has 0 saturated carbocycles. The Labute approximate surface area is 85.4 Å². The van der Waals surface area contributed by atoms with E-state index in [-0.39, 0.29) is 12.1 Å². The lowest BCUT2D eigenvalue weighted by Crippen LogP contribution is -2.36. The average molecular weight is 194 g/mol. The Kier molecular flexibility index (Phi) is 4.04. The molecule has 0 aliphatic heterocycles. The van der Waals surface area contributed by atoms with Gasteiger partial charge in [-0.3, -0.25) is 9.88 Å². The molecule has 0 aromatic carbocycles. The lowest BCUT2D eigenvalue weighted by Gasteiger charge is -2.26. The van der Waals surface area contributed by atoms with E-state index in [1.165, 1.54) is 5.56 Å². The van der Waals surface area contributed by atoms with E-state index in [1.54, 1.807) is 6.20 Å². The first kappa shape index (κ1) is 11.1. The molecule has 14 heavy (non-hydrogen) atoms. The zero-order chi connectivity index (χ0) is 10.6. The third-order valence-corrected chi connectivity index (χ3v) is 2.55. The zero-order valence-electron chi connectivity index (χ0n) is 9.01. The molecule has 0 saturated heterocycles. The summed E-state index contributed by atoms with van der Waals surface area (Å²) in [5.74, 6) is 0. The first-order valence-electron chi connectivity index (χ1n) is 4.88. The van der Waals surface area contributed by atoms with Crippen LogP contribution in [-0.4, -0.2) is 34.2 Å². The highest BCUT2D eigenvalue weighted by Crippen LogP contribution is 2.07. The average Bonchev–Trinajstić information content (AvgIpc) is 2.18. The lowest BCUT2D eigenvalue weighted by atomic mass is 10.1. The van der Waals surface area contributed by atoms with Crippen molar-refractivity contribution in [1.29, 1.82) is 0 Å². The molecule has 0 radical (unpaired) electrons. The second kappa shape index (κ2) is 5.08. The Balaban J connectivity index is 2.53. The standard InChI is InChI=1S/C11H18N2O/c1-9(10(2)14)13(3)8-11-5-4-6-12-7-11/h4-7,9-10,14H,8H2,1-3H3. The summed E-state index contributed by atoms with van der Waals surface area (Å²) < 4.78 is 0. The van der Waals surface area contributed by atoms with Gasteiger partial charge in [0.2, 0.25) is 0 Å². The van der Waals surface area contributed by atoms with Gasteiger partial charge in [0.15, 0.2) is 0 Å². The number of rotatable bonds is 4. The normalized spacial score (nSPS) is 15.5. The lowest BCUT2D eigenvalue weighted by molar-refractivity contribution is 0.0827. The SMILES string of the molecule is CC(O)C(C)N(C)Cc1cccnc1. The molecule has 2 atom stereocenters. The third kappa shape index (κ3) is 3.09. The number of aromatic nitrogens is 1. The number of nitrogens with zero attached hydrogens (tertiary/aromatic N) is 2. The summed E-state index contributed by atoms with van der Waals surface area (Å²) in [6.45, 7) is 4.64. The molecule has 0 aliphatic carbocycles. The van der Waals surface area contributed by atoms with Crippen LogP contribution in [-0.2, 0) is 6.54 Å². The van der Waals surface area contributed by atoms with Crippen molar-refractivity contribution in [3.63, 3.8) is 0 Å². The maximum Gasteiger partial charge on any atom is 0.0664 e. The molecule has 1 rings (SSSR count). The minimum atomic E-state index is -0.309. The van der Waals surface area contributed by atoms with E-state index in [4.69, 9.17) is 0 Å². The summed E-state index contributed by atoms with van der Waals surface area (Å²) in [6, 6.07) is 4.13. The van der Waals surface area contributed by atoms with E-state index in [2.05, 4.69) is 9.88 Å². The van der Waals surface area contributed by atoms with Crippen molar-refractivity contribution in [3.05, 3.63) is 30.1 Å². The van der Waals surface area contributed by atoms with Gasteiger partial charge in [-0.2, -0.15) is 0 Å². The van der Waals surface area contributed by atoms with Crippen molar-refractivity contribution < 1.29 is 5.11 Å². The van der Waals surface area contributed by atoms with Crippen LogP contribution in [0.3, 0.4) is 0 Å². The fraction of sp³-hybridized carbons (Fsp3) is 0.545. The highest BCUT2D eigenvalue weighted by Gasteiger charge is 2.14. The molecular weight excluding hydrogens is 176 g/mol. The number of pyridine rings is 1. The number of hydrogen-bond donors (Lipinski definition) is 1. The highest BCUT2D eigenvalue weighted by molar-refractivity contribution is 5.08. The molecule has 2 unspecified atom stereocenters. The van der Waals surface area contributed by atoms with E-state index in [1.807, 2.05) is 39.2 Å². The third-order valence-electron chi connectivity index (χ3n) is 2.55. The van der Waals surface area contributed by atoms with E-state index < -0.39 is 0 Å².